The summed E-state index contributed by atoms with van der Waals surface area (Å²) in [6.07, 6.45) is 4.49. The van der Waals surface area contributed by atoms with Crippen LogP contribution in [-0.4, -0.2) is 70.1 Å². The number of hydrogen-bond donors (Lipinski definition) is 2. The number of aryl methyl sites for hydroxylation is 1. The van der Waals surface area contributed by atoms with Crippen molar-refractivity contribution >= 4 is 6.03 Å². The molecular formula is C15H28N6O2. The summed E-state index contributed by atoms with van der Waals surface area (Å²) in [6.45, 7) is 10.1. The molecule has 2 rings (SSSR count). The maximum Gasteiger partial charge on any atom is 0.314 e. The van der Waals surface area contributed by atoms with Gasteiger partial charge in [-0.2, -0.15) is 5.10 Å². The lowest BCUT2D eigenvalue weighted by molar-refractivity contribution is -0.0778. The topological polar surface area (TPSA) is 84.3 Å². The Morgan fingerprint density at radius 1 is 1.35 bits per heavy atom. The van der Waals surface area contributed by atoms with Crippen LogP contribution < -0.4 is 10.6 Å². The Hall–Kier alpha value is -1.67. The first-order chi connectivity index (χ1) is 11.0. The van der Waals surface area contributed by atoms with Crippen LogP contribution in [0.25, 0.3) is 0 Å². The number of carbonyl (C=O) groups is 1. The van der Waals surface area contributed by atoms with Gasteiger partial charge in [-0.25, -0.2) is 9.78 Å². The first-order valence-electron chi connectivity index (χ1n) is 8.28. The summed E-state index contributed by atoms with van der Waals surface area (Å²) in [5, 5.41) is 9.82. The van der Waals surface area contributed by atoms with Gasteiger partial charge in [0, 0.05) is 38.8 Å². The molecule has 2 N–H and O–H groups in total. The molecule has 1 aliphatic heterocycles. The van der Waals surface area contributed by atoms with Crippen molar-refractivity contribution in [3.8, 4) is 0 Å². The van der Waals surface area contributed by atoms with E-state index < -0.39 is 0 Å². The molecular weight excluding hydrogens is 296 g/mol. The molecule has 2 amide bonds. The van der Waals surface area contributed by atoms with Crippen LogP contribution in [0.1, 0.15) is 27.2 Å². The van der Waals surface area contributed by atoms with Gasteiger partial charge in [0.1, 0.15) is 12.7 Å². The van der Waals surface area contributed by atoms with Crippen molar-refractivity contribution in [2.75, 3.05) is 26.2 Å². The monoisotopic (exact) mass is 324 g/mol. The summed E-state index contributed by atoms with van der Waals surface area (Å²) in [4.78, 5) is 18.1. The van der Waals surface area contributed by atoms with E-state index in [1.54, 1.807) is 11.0 Å². The molecule has 0 aromatic carbocycles. The van der Waals surface area contributed by atoms with Crippen LogP contribution in [-0.2, 0) is 11.3 Å². The summed E-state index contributed by atoms with van der Waals surface area (Å²) in [5.41, 5.74) is 0. The summed E-state index contributed by atoms with van der Waals surface area (Å²) >= 11 is 0. The van der Waals surface area contributed by atoms with Gasteiger partial charge in [-0.05, 0) is 27.2 Å². The highest BCUT2D eigenvalue weighted by Gasteiger charge is 2.25. The van der Waals surface area contributed by atoms with E-state index in [-0.39, 0.29) is 18.2 Å². The smallest absolute Gasteiger partial charge is 0.314 e. The Kier molecular flexibility index (Phi) is 6.79. The second-order valence-corrected chi connectivity index (χ2v) is 6.21. The molecule has 0 saturated carbocycles. The molecule has 1 aliphatic rings. The number of urea groups is 1. The molecule has 0 spiro atoms. The van der Waals surface area contributed by atoms with Gasteiger partial charge in [0.25, 0.3) is 0 Å². The lowest BCUT2D eigenvalue weighted by atomic mass is 10.2. The SMILES string of the molecule is CC1CN(C(C)CNC(=O)NCCCn2cncn2)CC(C)O1. The number of carbonyl (C=O) groups excluding carboxylic acids is 1. The second-order valence-electron chi connectivity index (χ2n) is 6.21. The van der Waals surface area contributed by atoms with Crippen LogP contribution in [0.5, 0.6) is 0 Å². The quantitative estimate of drug-likeness (QED) is 0.712. The van der Waals surface area contributed by atoms with Crippen molar-refractivity contribution in [3.63, 3.8) is 0 Å². The van der Waals surface area contributed by atoms with E-state index in [0.29, 0.717) is 19.1 Å². The third kappa shape index (κ3) is 6.15. The summed E-state index contributed by atoms with van der Waals surface area (Å²) in [6, 6.07) is 0.175. The van der Waals surface area contributed by atoms with E-state index in [4.69, 9.17) is 4.74 Å². The zero-order chi connectivity index (χ0) is 16.7. The van der Waals surface area contributed by atoms with Crippen molar-refractivity contribution < 1.29 is 9.53 Å². The standard InChI is InChI=1S/C15H28N6O2/c1-12(20-8-13(2)23-14(3)9-20)7-18-15(22)17-5-4-6-21-11-16-10-19-21/h10-14H,4-9H2,1-3H3,(H2,17,18,22). The van der Waals surface area contributed by atoms with E-state index in [0.717, 1.165) is 26.1 Å². The first kappa shape index (κ1) is 17.7. The van der Waals surface area contributed by atoms with Crippen LogP contribution in [0.2, 0.25) is 0 Å². The average molecular weight is 324 g/mol. The summed E-state index contributed by atoms with van der Waals surface area (Å²) in [7, 11) is 0. The number of amides is 2. The molecule has 1 aromatic rings. The maximum absolute atomic E-state index is 11.8. The normalized spacial score (nSPS) is 23.4. The van der Waals surface area contributed by atoms with Gasteiger partial charge in [-0.15, -0.1) is 0 Å². The number of ether oxygens (including phenoxy) is 1. The zero-order valence-electron chi connectivity index (χ0n) is 14.2. The molecule has 3 unspecified atom stereocenters. The van der Waals surface area contributed by atoms with Gasteiger partial charge in [0.05, 0.1) is 12.2 Å². The van der Waals surface area contributed by atoms with Crippen molar-refractivity contribution in [2.24, 2.45) is 0 Å². The predicted molar refractivity (Wildman–Crippen MR) is 87.1 cm³/mol. The molecule has 1 fully saturated rings. The molecule has 0 radical (unpaired) electrons. The molecule has 130 valence electrons. The van der Waals surface area contributed by atoms with Crippen molar-refractivity contribution in [1.82, 2.24) is 30.3 Å². The highest BCUT2D eigenvalue weighted by atomic mass is 16.5. The average Bonchev–Trinajstić information content (AvgIpc) is 3.01. The lowest BCUT2D eigenvalue weighted by Crippen LogP contribution is -2.53. The highest BCUT2D eigenvalue weighted by Crippen LogP contribution is 2.13. The fourth-order valence-electron chi connectivity index (χ4n) is 2.80. The molecule has 0 aliphatic carbocycles. The van der Waals surface area contributed by atoms with Gasteiger partial charge in [0.15, 0.2) is 0 Å². The van der Waals surface area contributed by atoms with Crippen LogP contribution in [0.4, 0.5) is 4.79 Å². The zero-order valence-corrected chi connectivity index (χ0v) is 14.2. The Morgan fingerprint density at radius 3 is 2.74 bits per heavy atom. The molecule has 2 heterocycles. The van der Waals surface area contributed by atoms with Crippen LogP contribution in [0.3, 0.4) is 0 Å². The Bertz CT molecular complexity index is 457. The molecule has 1 saturated heterocycles. The minimum absolute atomic E-state index is 0.121. The highest BCUT2D eigenvalue weighted by molar-refractivity contribution is 5.73. The molecule has 8 nitrogen and oxygen atoms in total. The Balaban J connectivity index is 1.58. The maximum atomic E-state index is 11.8. The lowest BCUT2D eigenvalue weighted by Gasteiger charge is -2.38. The number of rotatable bonds is 7. The Morgan fingerprint density at radius 2 is 2.09 bits per heavy atom. The summed E-state index contributed by atoms with van der Waals surface area (Å²) < 4.78 is 7.49. The molecule has 1 aromatic heterocycles. The molecule has 8 heteroatoms. The van der Waals surface area contributed by atoms with Gasteiger partial charge in [0.2, 0.25) is 0 Å². The van der Waals surface area contributed by atoms with Crippen LogP contribution >= 0.6 is 0 Å². The summed E-state index contributed by atoms with van der Waals surface area (Å²) in [5.74, 6) is 0. The van der Waals surface area contributed by atoms with E-state index in [9.17, 15) is 4.79 Å². The minimum atomic E-state index is -0.121. The second kappa shape index (κ2) is 8.83. The third-order valence-electron chi connectivity index (χ3n) is 3.95. The van der Waals surface area contributed by atoms with E-state index in [2.05, 4.69) is 46.4 Å². The number of nitrogens with zero attached hydrogens (tertiary/aromatic N) is 4. The Labute approximate surface area is 137 Å². The molecule has 3 atom stereocenters. The number of morpholine rings is 1. The van der Waals surface area contributed by atoms with E-state index in [1.165, 1.54) is 6.33 Å². The fraction of sp³-hybridized carbons (Fsp3) is 0.800. The first-order valence-corrected chi connectivity index (χ1v) is 8.28. The van der Waals surface area contributed by atoms with Gasteiger partial charge in [-0.3, -0.25) is 9.58 Å². The molecule has 0 bridgehead atoms. The van der Waals surface area contributed by atoms with Gasteiger partial charge < -0.3 is 15.4 Å². The van der Waals surface area contributed by atoms with Gasteiger partial charge in [-0.1, -0.05) is 0 Å². The number of aromatic nitrogens is 3. The largest absolute Gasteiger partial charge is 0.373 e. The molecule has 23 heavy (non-hydrogen) atoms. The van der Waals surface area contributed by atoms with Crippen molar-refractivity contribution in [3.05, 3.63) is 12.7 Å². The van der Waals surface area contributed by atoms with E-state index in [1.807, 2.05) is 0 Å². The third-order valence-corrected chi connectivity index (χ3v) is 3.95. The van der Waals surface area contributed by atoms with Crippen molar-refractivity contribution in [1.29, 1.82) is 0 Å². The van der Waals surface area contributed by atoms with Crippen LogP contribution in [0, 0.1) is 0 Å². The van der Waals surface area contributed by atoms with Crippen LogP contribution in [0.15, 0.2) is 12.7 Å². The number of nitrogens with one attached hydrogen (secondary N) is 2. The fourth-order valence-corrected chi connectivity index (χ4v) is 2.80. The number of hydrogen-bond acceptors (Lipinski definition) is 5. The van der Waals surface area contributed by atoms with Crippen molar-refractivity contribution in [2.45, 2.75) is 52.0 Å². The minimum Gasteiger partial charge on any atom is -0.373 e. The van der Waals surface area contributed by atoms with Gasteiger partial charge >= 0.3 is 6.03 Å². The predicted octanol–water partition coefficient (Wildman–Crippen LogP) is 0.465. The van der Waals surface area contributed by atoms with E-state index >= 15 is 0 Å².